The van der Waals surface area contributed by atoms with E-state index in [1.165, 1.54) is 19.3 Å². The van der Waals surface area contributed by atoms with Gasteiger partial charge in [0.15, 0.2) is 0 Å². The van der Waals surface area contributed by atoms with E-state index in [4.69, 9.17) is 29.7 Å². The highest BCUT2D eigenvalue weighted by atomic mass is 32.1. The van der Waals surface area contributed by atoms with E-state index in [2.05, 4.69) is 30.5 Å². The van der Waals surface area contributed by atoms with Crippen LogP contribution in [0.5, 0.6) is 5.75 Å². The molecule has 5 rings (SSSR count). The minimum Gasteiger partial charge on any atom is -0.506 e. The number of rotatable bonds is 13. The van der Waals surface area contributed by atoms with Crippen LogP contribution in [0.4, 0.5) is 39.5 Å². The third-order valence-electron chi connectivity index (χ3n) is 8.30. The molecule has 1 aliphatic carbocycles. The quantitative estimate of drug-likeness (QED) is 0.0606. The number of carbonyl (C=O) groups is 4. The van der Waals surface area contributed by atoms with E-state index in [1.807, 2.05) is 30.3 Å². The number of aliphatic carboxylic acids is 3. The van der Waals surface area contributed by atoms with Crippen LogP contribution in [-0.4, -0.2) is 121 Å². The predicted octanol–water partition coefficient (Wildman–Crippen LogP) is 5.59. The van der Waals surface area contributed by atoms with Crippen LogP contribution in [-0.2, 0) is 32.0 Å². The summed E-state index contributed by atoms with van der Waals surface area (Å²) in [5, 5.41) is 38.3. The molecular formula is C35H41F9N6O9S. The van der Waals surface area contributed by atoms with Gasteiger partial charge >= 0.3 is 41.3 Å². The van der Waals surface area contributed by atoms with E-state index in [-0.39, 0.29) is 16.5 Å². The van der Waals surface area contributed by atoms with Crippen molar-refractivity contribution in [1.29, 1.82) is 0 Å². The molecular weight excluding hydrogens is 851 g/mol. The smallest absolute Gasteiger partial charge is 0.490 e. The molecule has 0 radical (unpaired) electrons. The molecule has 0 saturated heterocycles. The number of hydrogen-bond acceptors (Lipinski definition) is 10. The number of aromatic amines is 2. The number of alkyl halides is 9. The Bertz CT molecular complexity index is 1970. The molecule has 0 spiro atoms. The second-order valence-corrected chi connectivity index (χ2v) is 13.7. The number of halogens is 9. The number of nitrogens with zero attached hydrogens (tertiary/aromatic N) is 2. The van der Waals surface area contributed by atoms with Crippen LogP contribution in [0.1, 0.15) is 49.9 Å². The number of para-hydroxylation sites is 2. The second kappa shape index (κ2) is 23.4. The Morgan fingerprint density at radius 1 is 0.750 bits per heavy atom. The molecule has 0 bridgehead atoms. The van der Waals surface area contributed by atoms with Crippen molar-refractivity contribution in [2.45, 2.75) is 75.9 Å². The summed E-state index contributed by atoms with van der Waals surface area (Å²) < 4.78 is 96.0. The van der Waals surface area contributed by atoms with Crippen LogP contribution in [0.2, 0.25) is 0 Å². The number of benzene rings is 2. The summed E-state index contributed by atoms with van der Waals surface area (Å²) in [4.78, 5) is 64.3. The van der Waals surface area contributed by atoms with E-state index in [1.54, 1.807) is 6.07 Å². The number of H-pyrrole nitrogens is 2. The zero-order chi connectivity index (χ0) is 45.3. The molecule has 1 amide bonds. The molecule has 2 aromatic heterocycles. The Balaban J connectivity index is 0.000000485. The number of phenols is 1. The maximum atomic E-state index is 13.2. The summed E-state index contributed by atoms with van der Waals surface area (Å²) in [6, 6.07) is 11.9. The molecule has 1 fully saturated rings. The molecule has 0 unspecified atom stereocenters. The van der Waals surface area contributed by atoms with Gasteiger partial charge in [0.05, 0.1) is 15.7 Å². The minimum atomic E-state index is -5.08. The Hall–Kier alpha value is -5.43. The molecule has 1 aliphatic rings. The number of carboxylic acid groups (broad SMARTS) is 3. The number of phenolic OH excluding ortho intramolecular Hbond substituents is 1. The molecule has 0 aliphatic heterocycles. The SMILES string of the molecule is O=C(CCNCCc1nc2ccccc2[nH]1)N(CCNCCc1ccc(O)c2[nH]c(=O)sc12)C1CCCCC1.O=C(O)C(F)(F)F.O=C(O)C(F)(F)F.O=C(O)C(F)(F)F. The summed E-state index contributed by atoms with van der Waals surface area (Å²) in [7, 11) is 0. The van der Waals surface area contributed by atoms with Crippen molar-refractivity contribution in [3.8, 4) is 5.75 Å². The molecule has 60 heavy (non-hydrogen) atoms. The molecule has 15 nitrogen and oxygen atoms in total. The van der Waals surface area contributed by atoms with Gasteiger partial charge < -0.3 is 45.9 Å². The van der Waals surface area contributed by atoms with Crippen LogP contribution in [0, 0.1) is 0 Å². The lowest BCUT2D eigenvalue weighted by molar-refractivity contribution is -0.193. The van der Waals surface area contributed by atoms with Crippen molar-refractivity contribution in [2.75, 3.05) is 32.7 Å². The fraction of sp³-hybridized carbons (Fsp3) is 0.486. The summed E-state index contributed by atoms with van der Waals surface area (Å²) in [5.74, 6) is -6.99. The van der Waals surface area contributed by atoms with E-state index in [9.17, 15) is 54.2 Å². The van der Waals surface area contributed by atoms with Crippen molar-refractivity contribution < 1.29 is 79.1 Å². The molecule has 0 atom stereocenters. The van der Waals surface area contributed by atoms with Gasteiger partial charge in [0.1, 0.15) is 17.1 Å². The molecule has 2 aromatic carbocycles. The van der Waals surface area contributed by atoms with E-state index in [0.29, 0.717) is 31.1 Å². The van der Waals surface area contributed by atoms with E-state index >= 15 is 0 Å². The maximum absolute atomic E-state index is 13.2. The molecule has 334 valence electrons. The number of carbonyl (C=O) groups excluding carboxylic acids is 1. The topological polar surface area (TPSA) is 238 Å². The van der Waals surface area contributed by atoms with E-state index in [0.717, 1.165) is 83.8 Å². The highest BCUT2D eigenvalue weighted by molar-refractivity contribution is 7.16. The highest BCUT2D eigenvalue weighted by Gasteiger charge is 2.39. The van der Waals surface area contributed by atoms with Gasteiger partial charge in [-0.3, -0.25) is 9.59 Å². The third-order valence-corrected chi connectivity index (χ3v) is 9.25. The average molecular weight is 893 g/mol. The van der Waals surface area contributed by atoms with Crippen molar-refractivity contribution in [2.24, 2.45) is 0 Å². The highest BCUT2D eigenvalue weighted by Crippen LogP contribution is 2.28. The van der Waals surface area contributed by atoms with Gasteiger partial charge in [-0.15, -0.1) is 0 Å². The third kappa shape index (κ3) is 17.8. The van der Waals surface area contributed by atoms with Gasteiger partial charge in [-0.05, 0) is 49.6 Å². The van der Waals surface area contributed by atoms with Gasteiger partial charge in [-0.1, -0.05) is 48.8 Å². The lowest BCUT2D eigenvalue weighted by Gasteiger charge is -2.34. The fourth-order valence-electron chi connectivity index (χ4n) is 5.52. The van der Waals surface area contributed by atoms with Crippen molar-refractivity contribution in [3.63, 3.8) is 0 Å². The molecule has 2 heterocycles. The molecule has 4 aromatic rings. The monoisotopic (exact) mass is 892 g/mol. The largest absolute Gasteiger partial charge is 0.506 e. The van der Waals surface area contributed by atoms with Gasteiger partial charge in [0.2, 0.25) is 5.91 Å². The summed E-state index contributed by atoms with van der Waals surface area (Å²) in [5.41, 5.74) is 3.59. The van der Waals surface area contributed by atoms with Crippen molar-refractivity contribution in [1.82, 2.24) is 30.5 Å². The minimum absolute atomic E-state index is 0.103. The van der Waals surface area contributed by atoms with Crippen molar-refractivity contribution >= 4 is 56.4 Å². The van der Waals surface area contributed by atoms with E-state index < -0.39 is 36.4 Å². The Kier molecular flexibility index (Phi) is 19.8. The second-order valence-electron chi connectivity index (χ2n) is 12.7. The van der Waals surface area contributed by atoms with Gasteiger partial charge in [-0.25, -0.2) is 19.4 Å². The normalized spacial score (nSPS) is 13.3. The van der Waals surface area contributed by atoms with Crippen molar-refractivity contribution in [3.05, 3.63) is 57.5 Å². The number of nitrogens with one attached hydrogen (secondary N) is 4. The first-order valence-corrected chi connectivity index (χ1v) is 18.6. The molecule has 1 saturated carbocycles. The fourth-order valence-corrected chi connectivity index (χ4v) is 6.41. The first-order valence-electron chi connectivity index (χ1n) is 17.8. The Labute approximate surface area is 337 Å². The number of thiazole rings is 1. The van der Waals surface area contributed by atoms with Crippen LogP contribution in [0.25, 0.3) is 21.3 Å². The Morgan fingerprint density at radius 3 is 1.83 bits per heavy atom. The van der Waals surface area contributed by atoms with Gasteiger partial charge in [-0.2, -0.15) is 39.5 Å². The zero-order valence-electron chi connectivity index (χ0n) is 31.3. The number of aromatic hydroxyl groups is 1. The van der Waals surface area contributed by atoms with Gasteiger partial charge in [0.25, 0.3) is 0 Å². The summed E-state index contributed by atoms with van der Waals surface area (Å²) in [6.07, 6.45) is -7.40. The number of hydrogen-bond donors (Lipinski definition) is 8. The average Bonchev–Trinajstić information content (AvgIpc) is 3.77. The van der Waals surface area contributed by atoms with Crippen LogP contribution in [0.15, 0.2) is 41.2 Å². The van der Waals surface area contributed by atoms with Gasteiger partial charge in [0, 0.05) is 45.1 Å². The van der Waals surface area contributed by atoms with Crippen LogP contribution in [0.3, 0.4) is 0 Å². The number of aromatic nitrogens is 3. The number of carboxylic acids is 3. The number of imidazole rings is 1. The number of fused-ring (bicyclic) bond motifs is 2. The standard InChI is InChI=1S/C29H38N6O3S.3C2HF3O2/c36-24-11-10-20(28-27(24)34-29(38)39-28)12-15-31-18-19-35(21-6-2-1-3-7-21)26(37)14-17-30-16-13-25-32-22-8-4-5-9-23(22)33-25;3*3-2(4,5)1(6)7/h4-5,8-11,21,30-31,36H,1-3,6-7,12-19H2,(H,32,33)(H,34,38);3*(H,6,7). The maximum Gasteiger partial charge on any atom is 0.490 e. The molecule has 25 heteroatoms. The lowest BCUT2D eigenvalue weighted by atomic mass is 9.94. The van der Waals surface area contributed by atoms with Crippen LogP contribution < -0.4 is 15.5 Å². The molecule has 8 N–H and O–H groups in total. The van der Waals surface area contributed by atoms with Crippen LogP contribution >= 0.6 is 11.3 Å². The predicted molar refractivity (Wildman–Crippen MR) is 198 cm³/mol. The lowest BCUT2D eigenvalue weighted by Crippen LogP contribution is -2.45. The number of amides is 1. The summed E-state index contributed by atoms with van der Waals surface area (Å²) >= 11 is 1.13. The first kappa shape index (κ1) is 50.7. The first-order chi connectivity index (χ1) is 27.9. The summed E-state index contributed by atoms with van der Waals surface area (Å²) in [6.45, 7) is 3.60. The Morgan fingerprint density at radius 2 is 1.28 bits per heavy atom. The zero-order valence-corrected chi connectivity index (χ0v) is 32.1.